The lowest BCUT2D eigenvalue weighted by Crippen LogP contribution is -2.15. The number of ketones is 1. The van der Waals surface area contributed by atoms with Gasteiger partial charge in [-0.05, 0) is 31.0 Å². The highest BCUT2D eigenvalue weighted by Crippen LogP contribution is 2.37. The van der Waals surface area contributed by atoms with Gasteiger partial charge >= 0.3 is 6.18 Å². The van der Waals surface area contributed by atoms with Crippen molar-refractivity contribution >= 4 is 5.78 Å². The number of hydrogen-bond acceptors (Lipinski definition) is 2. The van der Waals surface area contributed by atoms with Crippen LogP contribution < -0.4 is 4.74 Å². The molecular weight excluding hydrogens is 257 g/mol. The Morgan fingerprint density at radius 3 is 2.26 bits per heavy atom. The maximum absolute atomic E-state index is 12.9. The molecule has 0 N–H and O–H groups in total. The minimum atomic E-state index is -4.53. The highest BCUT2D eigenvalue weighted by atomic mass is 19.4. The molecule has 5 heteroatoms. The number of methoxy groups -OCH3 is 1. The zero-order valence-electron chi connectivity index (χ0n) is 11.2. The van der Waals surface area contributed by atoms with E-state index in [1.165, 1.54) is 19.2 Å². The Morgan fingerprint density at radius 1 is 1.26 bits per heavy atom. The number of carbonyl (C=O) groups excluding carboxylic acids is 1. The van der Waals surface area contributed by atoms with E-state index >= 15 is 0 Å². The lowest BCUT2D eigenvalue weighted by molar-refractivity contribution is -0.138. The van der Waals surface area contributed by atoms with Gasteiger partial charge in [-0.25, -0.2) is 0 Å². The number of Topliss-reactive ketones (excluding diaryl/α,β-unsaturated/α-hetero) is 1. The summed E-state index contributed by atoms with van der Waals surface area (Å²) in [4.78, 5) is 12.1. The monoisotopic (exact) mass is 274 g/mol. The van der Waals surface area contributed by atoms with Crippen LogP contribution in [0, 0.1) is 5.92 Å². The van der Waals surface area contributed by atoms with Crippen LogP contribution >= 0.6 is 0 Å². The molecule has 106 valence electrons. The van der Waals surface area contributed by atoms with Gasteiger partial charge in [0.25, 0.3) is 0 Å². The number of alkyl halides is 3. The number of benzene rings is 1. The minimum Gasteiger partial charge on any atom is -0.496 e. The van der Waals surface area contributed by atoms with E-state index in [1.807, 2.05) is 13.8 Å². The molecule has 0 bridgehead atoms. The fourth-order valence-corrected chi connectivity index (χ4v) is 1.98. The van der Waals surface area contributed by atoms with Gasteiger partial charge in [-0.2, -0.15) is 13.2 Å². The third kappa shape index (κ3) is 3.49. The number of halogens is 3. The van der Waals surface area contributed by atoms with Gasteiger partial charge in [0.1, 0.15) is 5.75 Å². The van der Waals surface area contributed by atoms with E-state index in [0.717, 1.165) is 6.07 Å². The van der Waals surface area contributed by atoms with Crippen molar-refractivity contribution in [3.63, 3.8) is 0 Å². The van der Waals surface area contributed by atoms with E-state index in [0.29, 0.717) is 12.8 Å². The van der Waals surface area contributed by atoms with E-state index in [4.69, 9.17) is 0 Å². The van der Waals surface area contributed by atoms with E-state index in [1.54, 1.807) is 0 Å². The van der Waals surface area contributed by atoms with Crippen molar-refractivity contribution in [3.8, 4) is 5.75 Å². The van der Waals surface area contributed by atoms with Crippen molar-refractivity contribution in [1.29, 1.82) is 0 Å². The summed E-state index contributed by atoms with van der Waals surface area (Å²) in [6.45, 7) is 3.69. The molecule has 0 radical (unpaired) electrons. The zero-order valence-corrected chi connectivity index (χ0v) is 11.2. The topological polar surface area (TPSA) is 26.3 Å². The largest absolute Gasteiger partial charge is 0.496 e. The van der Waals surface area contributed by atoms with Crippen LogP contribution in [0.3, 0.4) is 0 Å². The molecule has 0 aliphatic heterocycles. The predicted molar refractivity (Wildman–Crippen MR) is 66.4 cm³/mol. The van der Waals surface area contributed by atoms with E-state index < -0.39 is 11.7 Å². The number of ether oxygens (including phenoxy) is 1. The summed E-state index contributed by atoms with van der Waals surface area (Å²) in [5, 5.41) is 0. The molecule has 0 spiro atoms. The summed E-state index contributed by atoms with van der Waals surface area (Å²) < 4.78 is 43.2. The molecule has 0 saturated carbocycles. The minimum absolute atomic E-state index is 0.0850. The molecule has 2 nitrogen and oxygen atoms in total. The molecule has 0 aromatic heterocycles. The van der Waals surface area contributed by atoms with Crippen LogP contribution in [0.5, 0.6) is 5.75 Å². The first-order chi connectivity index (χ1) is 8.85. The van der Waals surface area contributed by atoms with Crippen molar-refractivity contribution in [3.05, 3.63) is 29.3 Å². The maximum atomic E-state index is 12.9. The Kier molecular flexibility index (Phi) is 4.97. The van der Waals surface area contributed by atoms with E-state index in [2.05, 4.69) is 4.74 Å². The van der Waals surface area contributed by atoms with Crippen LogP contribution in [-0.2, 0) is 6.18 Å². The molecule has 1 aromatic carbocycles. The van der Waals surface area contributed by atoms with Gasteiger partial charge in [0.2, 0.25) is 0 Å². The summed E-state index contributed by atoms with van der Waals surface area (Å²) in [6.07, 6.45) is -3.30. The molecule has 0 heterocycles. The molecule has 0 unspecified atom stereocenters. The SMILES string of the molecule is CCC(CC)C(=O)c1ccc(OC)c(C(F)(F)F)c1. The molecule has 0 fully saturated rings. The lowest BCUT2D eigenvalue weighted by Gasteiger charge is -2.15. The molecule has 0 atom stereocenters. The first-order valence-electron chi connectivity index (χ1n) is 6.14. The molecule has 0 aliphatic carbocycles. The average Bonchev–Trinajstić information content (AvgIpc) is 2.38. The number of carbonyl (C=O) groups is 1. The Hall–Kier alpha value is -1.52. The van der Waals surface area contributed by atoms with Crippen molar-refractivity contribution in [2.75, 3.05) is 7.11 Å². The molecule has 1 aromatic rings. The Labute approximate surface area is 110 Å². The number of rotatable bonds is 5. The smallest absolute Gasteiger partial charge is 0.419 e. The predicted octanol–water partition coefficient (Wildman–Crippen LogP) is 4.33. The Morgan fingerprint density at radius 2 is 1.84 bits per heavy atom. The normalized spacial score (nSPS) is 11.7. The molecule has 0 aliphatic rings. The number of hydrogen-bond donors (Lipinski definition) is 0. The maximum Gasteiger partial charge on any atom is 0.419 e. The standard InChI is InChI=1S/C14H17F3O2/c1-4-9(5-2)13(18)10-6-7-12(19-3)11(8-10)14(15,16)17/h6-9H,4-5H2,1-3H3. The molecule has 19 heavy (non-hydrogen) atoms. The third-order valence-corrected chi connectivity index (χ3v) is 3.15. The summed E-state index contributed by atoms with van der Waals surface area (Å²) in [5.74, 6) is -0.763. The van der Waals surface area contributed by atoms with Crippen molar-refractivity contribution in [2.45, 2.75) is 32.9 Å². The van der Waals surface area contributed by atoms with Crippen molar-refractivity contribution in [2.24, 2.45) is 5.92 Å². The van der Waals surface area contributed by atoms with Crippen LogP contribution in [0.25, 0.3) is 0 Å². The van der Waals surface area contributed by atoms with Gasteiger partial charge < -0.3 is 4.74 Å². The van der Waals surface area contributed by atoms with Crippen molar-refractivity contribution < 1.29 is 22.7 Å². The first-order valence-corrected chi connectivity index (χ1v) is 6.14. The highest BCUT2D eigenvalue weighted by Gasteiger charge is 2.35. The summed E-state index contributed by atoms with van der Waals surface area (Å²) in [6, 6.07) is 3.45. The quantitative estimate of drug-likeness (QED) is 0.747. The van der Waals surface area contributed by atoms with Gasteiger partial charge in [0.15, 0.2) is 5.78 Å². The zero-order chi connectivity index (χ0) is 14.6. The highest BCUT2D eigenvalue weighted by molar-refractivity contribution is 5.98. The third-order valence-electron chi connectivity index (χ3n) is 3.15. The van der Waals surface area contributed by atoms with E-state index in [-0.39, 0.29) is 23.0 Å². The fraction of sp³-hybridized carbons (Fsp3) is 0.500. The van der Waals surface area contributed by atoms with E-state index in [9.17, 15) is 18.0 Å². The average molecular weight is 274 g/mol. The second-order valence-electron chi connectivity index (χ2n) is 4.29. The van der Waals surface area contributed by atoms with Gasteiger partial charge in [0, 0.05) is 11.5 Å². The van der Waals surface area contributed by atoms with Crippen LogP contribution in [0.4, 0.5) is 13.2 Å². The van der Waals surface area contributed by atoms with Gasteiger partial charge in [0.05, 0.1) is 12.7 Å². The Balaban J connectivity index is 3.22. The second-order valence-corrected chi connectivity index (χ2v) is 4.29. The molecule has 0 saturated heterocycles. The van der Waals surface area contributed by atoms with Crippen LogP contribution in [0.2, 0.25) is 0 Å². The lowest BCUT2D eigenvalue weighted by atomic mass is 9.92. The summed E-state index contributed by atoms with van der Waals surface area (Å²) in [7, 11) is 1.17. The van der Waals surface area contributed by atoms with Crippen LogP contribution in [0.1, 0.15) is 42.6 Å². The molecular formula is C14H17F3O2. The molecule has 1 rings (SSSR count). The summed E-state index contributed by atoms with van der Waals surface area (Å²) >= 11 is 0. The van der Waals surface area contributed by atoms with Gasteiger partial charge in [-0.15, -0.1) is 0 Å². The Bertz CT molecular complexity index is 448. The first kappa shape index (κ1) is 15.5. The molecule has 0 amide bonds. The van der Waals surface area contributed by atoms with Crippen molar-refractivity contribution in [1.82, 2.24) is 0 Å². The summed E-state index contributed by atoms with van der Waals surface area (Å²) in [5.41, 5.74) is -0.825. The second kappa shape index (κ2) is 6.08. The van der Waals surface area contributed by atoms with Crippen LogP contribution in [0.15, 0.2) is 18.2 Å². The van der Waals surface area contributed by atoms with Gasteiger partial charge in [-0.3, -0.25) is 4.79 Å². The van der Waals surface area contributed by atoms with Crippen LogP contribution in [-0.4, -0.2) is 12.9 Å². The van der Waals surface area contributed by atoms with Gasteiger partial charge in [-0.1, -0.05) is 13.8 Å². The fourth-order valence-electron chi connectivity index (χ4n) is 1.98.